The van der Waals surface area contributed by atoms with Crippen LogP contribution in [-0.2, 0) is 5.41 Å². The van der Waals surface area contributed by atoms with Gasteiger partial charge in [-0.3, -0.25) is 9.89 Å². The number of benzene rings is 2. The molecular weight excluding hydrogens is 343 g/mol. The first kappa shape index (κ1) is 18.5. The third kappa shape index (κ3) is 4.67. The van der Waals surface area contributed by atoms with Crippen molar-refractivity contribution in [2.75, 3.05) is 0 Å². The zero-order valence-electron chi connectivity index (χ0n) is 15.5. The van der Waals surface area contributed by atoms with Crippen LogP contribution < -0.4 is 5.43 Å². The lowest BCUT2D eigenvalue weighted by atomic mass is 9.87. The largest absolute Gasteiger partial charge is 0.289 e. The minimum atomic E-state index is -0.404. The minimum Gasteiger partial charge on any atom is -0.272 e. The van der Waals surface area contributed by atoms with Crippen molar-refractivity contribution in [1.82, 2.24) is 15.6 Å². The van der Waals surface area contributed by atoms with Crippen LogP contribution in [0.3, 0.4) is 0 Å². The van der Waals surface area contributed by atoms with E-state index in [0.29, 0.717) is 11.3 Å². The van der Waals surface area contributed by atoms with E-state index in [9.17, 15) is 9.18 Å². The van der Waals surface area contributed by atoms with Crippen molar-refractivity contribution in [3.63, 3.8) is 0 Å². The van der Waals surface area contributed by atoms with Gasteiger partial charge in [0.15, 0.2) is 0 Å². The quantitative estimate of drug-likeness (QED) is 0.536. The zero-order valence-corrected chi connectivity index (χ0v) is 15.5. The first-order valence-corrected chi connectivity index (χ1v) is 8.58. The molecule has 3 aromatic rings. The topological polar surface area (TPSA) is 70.1 Å². The lowest BCUT2D eigenvalue weighted by molar-refractivity contribution is 0.0950. The summed E-state index contributed by atoms with van der Waals surface area (Å²) in [6, 6.07) is 15.5. The van der Waals surface area contributed by atoms with E-state index in [-0.39, 0.29) is 16.9 Å². The third-order valence-electron chi connectivity index (χ3n) is 4.12. The molecule has 0 radical (unpaired) electrons. The second-order valence-electron chi connectivity index (χ2n) is 7.24. The summed E-state index contributed by atoms with van der Waals surface area (Å²) in [6.45, 7) is 6.46. The third-order valence-corrected chi connectivity index (χ3v) is 4.12. The van der Waals surface area contributed by atoms with Crippen LogP contribution in [0.2, 0.25) is 0 Å². The molecule has 0 aliphatic heterocycles. The van der Waals surface area contributed by atoms with Crippen molar-refractivity contribution >= 4 is 12.1 Å². The van der Waals surface area contributed by atoms with E-state index in [4.69, 9.17) is 0 Å². The zero-order chi connectivity index (χ0) is 19.4. The Morgan fingerprint density at radius 2 is 1.78 bits per heavy atom. The van der Waals surface area contributed by atoms with Crippen LogP contribution in [-0.4, -0.2) is 22.3 Å². The molecule has 2 N–H and O–H groups in total. The van der Waals surface area contributed by atoms with Crippen LogP contribution in [0.1, 0.15) is 42.4 Å². The summed E-state index contributed by atoms with van der Waals surface area (Å²) in [6.07, 6.45) is 1.58. The van der Waals surface area contributed by atoms with Crippen molar-refractivity contribution in [2.24, 2.45) is 5.10 Å². The highest BCUT2D eigenvalue weighted by Crippen LogP contribution is 2.22. The van der Waals surface area contributed by atoms with Gasteiger partial charge in [0, 0.05) is 5.56 Å². The highest BCUT2D eigenvalue weighted by Gasteiger charge is 2.13. The Hall–Kier alpha value is -3.28. The van der Waals surface area contributed by atoms with E-state index >= 15 is 0 Å². The average Bonchev–Trinajstić information content (AvgIpc) is 3.12. The van der Waals surface area contributed by atoms with Gasteiger partial charge in [0.05, 0.1) is 11.9 Å². The van der Waals surface area contributed by atoms with Gasteiger partial charge in [0.25, 0.3) is 5.91 Å². The first-order chi connectivity index (χ1) is 12.8. The van der Waals surface area contributed by atoms with Crippen molar-refractivity contribution in [2.45, 2.75) is 26.2 Å². The van der Waals surface area contributed by atoms with Gasteiger partial charge in [0.2, 0.25) is 0 Å². The monoisotopic (exact) mass is 364 g/mol. The SMILES string of the molecule is CC(C)(C)c1ccc(C=NNC(=O)c2cc(-c3ccc(F)cc3)n[nH]2)cc1. The van der Waals surface area contributed by atoms with Crippen LogP contribution in [0.4, 0.5) is 4.39 Å². The van der Waals surface area contributed by atoms with E-state index in [0.717, 1.165) is 5.56 Å². The first-order valence-electron chi connectivity index (χ1n) is 8.58. The summed E-state index contributed by atoms with van der Waals surface area (Å²) in [5, 5.41) is 10.7. The average molecular weight is 364 g/mol. The van der Waals surface area contributed by atoms with Crippen LogP contribution in [0, 0.1) is 5.82 Å². The molecule has 0 spiro atoms. The summed E-state index contributed by atoms with van der Waals surface area (Å²) < 4.78 is 13.0. The molecule has 1 amide bonds. The molecule has 1 aromatic heterocycles. The number of rotatable bonds is 4. The van der Waals surface area contributed by atoms with Crippen molar-refractivity contribution in [3.05, 3.63) is 77.2 Å². The molecule has 138 valence electrons. The van der Waals surface area contributed by atoms with Crippen molar-refractivity contribution in [1.29, 1.82) is 0 Å². The summed E-state index contributed by atoms with van der Waals surface area (Å²) in [7, 11) is 0. The Kier molecular flexibility index (Phi) is 5.16. The van der Waals surface area contributed by atoms with Gasteiger partial charge in [-0.2, -0.15) is 10.2 Å². The fraction of sp³-hybridized carbons (Fsp3) is 0.190. The Bertz CT molecular complexity index is 951. The minimum absolute atomic E-state index is 0.0900. The van der Waals surface area contributed by atoms with Gasteiger partial charge in [-0.25, -0.2) is 9.82 Å². The van der Waals surface area contributed by atoms with Crippen LogP contribution in [0.25, 0.3) is 11.3 Å². The van der Waals surface area contributed by atoms with Gasteiger partial charge in [0.1, 0.15) is 11.5 Å². The fourth-order valence-electron chi connectivity index (χ4n) is 2.50. The molecular formula is C21H21FN4O. The van der Waals surface area contributed by atoms with Crippen LogP contribution >= 0.6 is 0 Å². The molecule has 0 saturated carbocycles. The second-order valence-corrected chi connectivity index (χ2v) is 7.24. The molecule has 0 bridgehead atoms. The van der Waals surface area contributed by atoms with Gasteiger partial charge >= 0.3 is 0 Å². The van der Waals surface area contributed by atoms with Gasteiger partial charge in [-0.1, -0.05) is 45.0 Å². The van der Waals surface area contributed by atoms with Gasteiger partial charge < -0.3 is 0 Å². The van der Waals surface area contributed by atoms with Crippen LogP contribution in [0.5, 0.6) is 0 Å². The second kappa shape index (κ2) is 7.53. The maximum Gasteiger partial charge on any atom is 0.289 e. The Morgan fingerprint density at radius 1 is 1.11 bits per heavy atom. The van der Waals surface area contributed by atoms with E-state index in [1.807, 2.05) is 24.3 Å². The number of hydrogen-bond donors (Lipinski definition) is 2. The maximum atomic E-state index is 13.0. The number of hydrazone groups is 1. The molecule has 0 atom stereocenters. The number of H-pyrrole nitrogens is 1. The number of aromatic nitrogens is 2. The highest BCUT2D eigenvalue weighted by molar-refractivity contribution is 5.94. The van der Waals surface area contributed by atoms with Gasteiger partial charge in [-0.15, -0.1) is 0 Å². The summed E-state index contributed by atoms with van der Waals surface area (Å²) in [5.74, 6) is -0.726. The van der Waals surface area contributed by atoms with E-state index in [1.54, 1.807) is 24.4 Å². The molecule has 6 heteroatoms. The summed E-state index contributed by atoms with van der Waals surface area (Å²) in [5.41, 5.74) is 6.22. The summed E-state index contributed by atoms with van der Waals surface area (Å²) >= 11 is 0. The smallest absolute Gasteiger partial charge is 0.272 e. The molecule has 1 heterocycles. The molecule has 3 rings (SSSR count). The van der Waals surface area contributed by atoms with Crippen molar-refractivity contribution < 1.29 is 9.18 Å². The Morgan fingerprint density at radius 3 is 2.41 bits per heavy atom. The molecule has 0 aliphatic carbocycles. The number of nitrogens with one attached hydrogen (secondary N) is 2. The predicted octanol–water partition coefficient (Wildman–Crippen LogP) is 4.28. The van der Waals surface area contributed by atoms with Gasteiger partial charge in [-0.05, 0) is 46.9 Å². The number of halogens is 1. The molecule has 27 heavy (non-hydrogen) atoms. The molecule has 5 nitrogen and oxygen atoms in total. The predicted molar refractivity (Wildman–Crippen MR) is 104 cm³/mol. The fourth-order valence-corrected chi connectivity index (χ4v) is 2.50. The molecule has 2 aromatic carbocycles. The normalized spacial score (nSPS) is 11.7. The van der Waals surface area contributed by atoms with E-state index in [2.05, 4.69) is 41.5 Å². The number of amides is 1. The number of aromatic amines is 1. The summed E-state index contributed by atoms with van der Waals surface area (Å²) in [4.78, 5) is 12.2. The lowest BCUT2D eigenvalue weighted by Crippen LogP contribution is -2.18. The lowest BCUT2D eigenvalue weighted by Gasteiger charge is -2.18. The number of hydrogen-bond acceptors (Lipinski definition) is 3. The molecule has 0 fully saturated rings. The number of nitrogens with zero attached hydrogens (tertiary/aromatic N) is 2. The Balaban J connectivity index is 1.62. The molecule has 0 unspecified atom stereocenters. The molecule has 0 saturated heterocycles. The van der Waals surface area contributed by atoms with Crippen molar-refractivity contribution in [3.8, 4) is 11.3 Å². The highest BCUT2D eigenvalue weighted by atomic mass is 19.1. The Labute approximate surface area is 157 Å². The molecule has 0 aliphatic rings. The van der Waals surface area contributed by atoms with E-state index in [1.165, 1.54) is 17.7 Å². The van der Waals surface area contributed by atoms with E-state index < -0.39 is 5.91 Å². The van der Waals surface area contributed by atoms with Crippen LogP contribution in [0.15, 0.2) is 59.7 Å². The number of carbonyl (C=O) groups is 1. The standard InChI is InChI=1S/C21H21FN4O/c1-21(2,3)16-8-4-14(5-9-16)13-23-26-20(27)19-12-18(24-25-19)15-6-10-17(22)11-7-15/h4-13H,1-3H3,(H,24,25)(H,26,27). The number of carbonyl (C=O) groups excluding carboxylic acids is 1. The maximum absolute atomic E-state index is 13.0.